The van der Waals surface area contributed by atoms with Crippen LogP contribution in [-0.4, -0.2) is 63.2 Å². The van der Waals surface area contributed by atoms with E-state index >= 15 is 0 Å². The van der Waals surface area contributed by atoms with Gasteiger partial charge in [0, 0.05) is 33.4 Å². The first-order valence-electron chi connectivity index (χ1n) is 8.72. The van der Waals surface area contributed by atoms with Crippen LogP contribution in [0.3, 0.4) is 0 Å². The molecule has 2 N–H and O–H groups in total. The maximum absolute atomic E-state index is 12.8. The number of nitrogens with zero attached hydrogens (tertiary/aromatic N) is 2. The summed E-state index contributed by atoms with van der Waals surface area (Å²) < 4.78 is 5.01. The van der Waals surface area contributed by atoms with Crippen LogP contribution in [0.25, 0.3) is 0 Å². The van der Waals surface area contributed by atoms with Gasteiger partial charge in [0.15, 0.2) is 0 Å². The largest absolute Gasteiger partial charge is 0.385 e. The molecule has 0 spiro atoms. The third-order valence-corrected chi connectivity index (χ3v) is 4.88. The molecule has 7 heteroatoms. The van der Waals surface area contributed by atoms with E-state index in [9.17, 15) is 9.59 Å². The highest BCUT2D eigenvalue weighted by Gasteiger charge is 2.50. The number of hydrogen-bond acceptors (Lipinski definition) is 5. The number of ether oxygens (including phenoxy) is 1. The molecule has 136 valence electrons. The van der Waals surface area contributed by atoms with Gasteiger partial charge in [-0.3, -0.25) is 9.59 Å². The van der Waals surface area contributed by atoms with Crippen LogP contribution < -0.4 is 15.8 Å². The van der Waals surface area contributed by atoms with Crippen LogP contribution in [0, 0.1) is 11.8 Å². The van der Waals surface area contributed by atoms with E-state index in [-0.39, 0.29) is 29.7 Å². The summed E-state index contributed by atoms with van der Waals surface area (Å²) in [4.78, 5) is 27.6. The summed E-state index contributed by atoms with van der Waals surface area (Å²) in [6, 6.07) is 9.33. The fourth-order valence-corrected chi connectivity index (χ4v) is 3.63. The van der Waals surface area contributed by atoms with Gasteiger partial charge in [-0.25, -0.2) is 10.4 Å². The topological polar surface area (TPSA) is 73.9 Å². The number of piperidine rings is 1. The van der Waals surface area contributed by atoms with Gasteiger partial charge < -0.3 is 15.0 Å². The van der Waals surface area contributed by atoms with E-state index in [1.54, 1.807) is 12.1 Å². The standard InChI is InChI=1S/C18H26N4O3/c1-21-11-14(17(23)19-9-6-10-25-2)16-15(12-21)18(24)22(20-16)13-7-4-3-5-8-13/h3-5,7-8,14-16,20H,6,9-12H2,1-2H3,(H,19,23). The maximum atomic E-state index is 12.8. The van der Waals surface area contributed by atoms with E-state index in [0.717, 1.165) is 12.1 Å². The summed E-state index contributed by atoms with van der Waals surface area (Å²) in [6.07, 6.45) is 0.779. The van der Waals surface area contributed by atoms with Crippen molar-refractivity contribution in [2.75, 3.05) is 45.4 Å². The van der Waals surface area contributed by atoms with Gasteiger partial charge in [-0.15, -0.1) is 0 Å². The van der Waals surface area contributed by atoms with Gasteiger partial charge in [0.25, 0.3) is 0 Å². The Kier molecular flexibility index (Phi) is 5.67. The van der Waals surface area contributed by atoms with Gasteiger partial charge >= 0.3 is 0 Å². The number of rotatable bonds is 6. The normalized spacial score (nSPS) is 26.6. The molecule has 2 aliphatic rings. The number of carbonyl (C=O) groups excluding carboxylic acids is 2. The van der Waals surface area contributed by atoms with Gasteiger partial charge in [0.1, 0.15) is 0 Å². The molecule has 2 aliphatic heterocycles. The van der Waals surface area contributed by atoms with Gasteiger partial charge in [0.05, 0.1) is 23.6 Å². The molecular formula is C18H26N4O3. The number of hydrazine groups is 1. The predicted octanol–water partition coefficient (Wildman–Crippen LogP) is 0.237. The van der Waals surface area contributed by atoms with Crippen molar-refractivity contribution in [1.82, 2.24) is 15.6 Å². The monoisotopic (exact) mass is 346 g/mol. The Morgan fingerprint density at radius 3 is 2.80 bits per heavy atom. The van der Waals surface area contributed by atoms with Crippen LogP contribution in [0.4, 0.5) is 5.69 Å². The van der Waals surface area contributed by atoms with Crippen molar-refractivity contribution in [3.05, 3.63) is 30.3 Å². The van der Waals surface area contributed by atoms with Crippen molar-refractivity contribution < 1.29 is 14.3 Å². The Morgan fingerprint density at radius 1 is 1.32 bits per heavy atom. The molecule has 0 saturated carbocycles. The fraction of sp³-hybridized carbons (Fsp3) is 0.556. The second-order valence-electron chi connectivity index (χ2n) is 6.74. The lowest BCUT2D eigenvalue weighted by Gasteiger charge is -2.36. The Bertz CT molecular complexity index is 610. The number of methoxy groups -OCH3 is 1. The van der Waals surface area contributed by atoms with E-state index in [1.807, 2.05) is 37.4 Å². The van der Waals surface area contributed by atoms with E-state index in [0.29, 0.717) is 26.2 Å². The van der Waals surface area contributed by atoms with E-state index in [1.165, 1.54) is 0 Å². The molecule has 2 heterocycles. The molecule has 3 rings (SSSR count). The summed E-state index contributed by atoms with van der Waals surface area (Å²) >= 11 is 0. The number of para-hydroxylation sites is 1. The smallest absolute Gasteiger partial charge is 0.247 e. The SMILES string of the molecule is COCCCNC(=O)C1CN(C)CC2C(=O)N(c3ccccc3)NC12. The number of likely N-dealkylation sites (tertiary alicyclic amines) is 1. The minimum absolute atomic E-state index is 0.00661. The van der Waals surface area contributed by atoms with E-state index < -0.39 is 0 Å². The third kappa shape index (κ3) is 3.84. The van der Waals surface area contributed by atoms with E-state index in [4.69, 9.17) is 4.74 Å². The number of carbonyl (C=O) groups is 2. The molecule has 2 fully saturated rings. The molecule has 1 aromatic carbocycles. The lowest BCUT2D eigenvalue weighted by Crippen LogP contribution is -2.56. The van der Waals surface area contributed by atoms with Crippen molar-refractivity contribution in [3.63, 3.8) is 0 Å². The minimum Gasteiger partial charge on any atom is -0.385 e. The first kappa shape index (κ1) is 17.8. The molecule has 3 unspecified atom stereocenters. The Hall–Kier alpha value is -1.96. The maximum Gasteiger partial charge on any atom is 0.247 e. The van der Waals surface area contributed by atoms with Crippen molar-refractivity contribution in [1.29, 1.82) is 0 Å². The molecule has 0 bridgehead atoms. The predicted molar refractivity (Wildman–Crippen MR) is 94.8 cm³/mol. The minimum atomic E-state index is -0.260. The van der Waals surface area contributed by atoms with Crippen LogP contribution in [0.5, 0.6) is 0 Å². The molecule has 7 nitrogen and oxygen atoms in total. The molecule has 3 atom stereocenters. The molecular weight excluding hydrogens is 320 g/mol. The number of nitrogens with one attached hydrogen (secondary N) is 2. The number of benzene rings is 1. The molecule has 2 saturated heterocycles. The lowest BCUT2D eigenvalue weighted by molar-refractivity contribution is -0.129. The first-order chi connectivity index (χ1) is 12.1. The van der Waals surface area contributed by atoms with Crippen LogP contribution in [0.15, 0.2) is 30.3 Å². The number of anilines is 1. The zero-order chi connectivity index (χ0) is 17.8. The van der Waals surface area contributed by atoms with Gasteiger partial charge in [-0.05, 0) is 25.6 Å². The molecule has 0 radical (unpaired) electrons. The summed E-state index contributed by atoms with van der Waals surface area (Å²) in [5, 5.41) is 4.57. The number of hydrogen-bond donors (Lipinski definition) is 2. The van der Waals surface area contributed by atoms with Crippen LogP contribution in [0.1, 0.15) is 6.42 Å². The van der Waals surface area contributed by atoms with Gasteiger partial charge in [-0.2, -0.15) is 0 Å². The zero-order valence-corrected chi connectivity index (χ0v) is 14.8. The zero-order valence-electron chi connectivity index (χ0n) is 14.8. The Morgan fingerprint density at radius 2 is 2.08 bits per heavy atom. The lowest BCUT2D eigenvalue weighted by atomic mass is 9.84. The van der Waals surface area contributed by atoms with Crippen LogP contribution in [-0.2, 0) is 14.3 Å². The highest BCUT2D eigenvalue weighted by Crippen LogP contribution is 2.31. The van der Waals surface area contributed by atoms with Gasteiger partial charge in [0.2, 0.25) is 11.8 Å². The molecule has 0 aliphatic carbocycles. The summed E-state index contributed by atoms with van der Waals surface area (Å²) in [5.41, 5.74) is 4.09. The van der Waals surface area contributed by atoms with Crippen LogP contribution in [0.2, 0.25) is 0 Å². The summed E-state index contributed by atoms with van der Waals surface area (Å²) in [7, 11) is 3.61. The highest BCUT2D eigenvalue weighted by molar-refractivity contribution is 5.98. The van der Waals surface area contributed by atoms with Gasteiger partial charge in [-0.1, -0.05) is 18.2 Å². The highest BCUT2D eigenvalue weighted by atomic mass is 16.5. The number of fused-ring (bicyclic) bond motifs is 1. The Labute approximate surface area is 148 Å². The van der Waals surface area contributed by atoms with Crippen LogP contribution >= 0.6 is 0 Å². The molecule has 25 heavy (non-hydrogen) atoms. The van der Waals surface area contributed by atoms with Crippen molar-refractivity contribution in [3.8, 4) is 0 Å². The quantitative estimate of drug-likeness (QED) is 0.722. The average molecular weight is 346 g/mol. The third-order valence-electron chi connectivity index (χ3n) is 4.88. The Balaban J connectivity index is 1.71. The fourth-order valence-electron chi connectivity index (χ4n) is 3.63. The second-order valence-corrected chi connectivity index (χ2v) is 6.74. The first-order valence-corrected chi connectivity index (χ1v) is 8.72. The molecule has 1 aromatic rings. The average Bonchev–Trinajstić information content (AvgIpc) is 2.95. The van der Waals surface area contributed by atoms with Crippen molar-refractivity contribution >= 4 is 17.5 Å². The van der Waals surface area contributed by atoms with E-state index in [2.05, 4.69) is 15.6 Å². The van der Waals surface area contributed by atoms with Crippen molar-refractivity contribution in [2.45, 2.75) is 12.5 Å². The molecule has 0 aromatic heterocycles. The molecule has 2 amide bonds. The summed E-state index contributed by atoms with van der Waals surface area (Å²) in [5.74, 6) is -0.453. The number of amides is 2. The summed E-state index contributed by atoms with van der Waals surface area (Å²) in [6.45, 7) is 2.50. The van der Waals surface area contributed by atoms with Crippen molar-refractivity contribution in [2.24, 2.45) is 11.8 Å². The second kappa shape index (κ2) is 7.95.